The molecule has 1 aliphatic heterocycles. The van der Waals surface area contributed by atoms with Gasteiger partial charge in [-0.05, 0) is 30.3 Å². The van der Waals surface area contributed by atoms with Gasteiger partial charge in [0, 0.05) is 5.56 Å². The lowest BCUT2D eigenvalue weighted by molar-refractivity contribution is 0.0954. The van der Waals surface area contributed by atoms with Crippen molar-refractivity contribution in [3.63, 3.8) is 0 Å². The number of amides is 1. The minimum Gasteiger partial charge on any atom is -0.454 e. The number of hydrogen-bond donors (Lipinski definition) is 2. The SMILES string of the molecule is O=C(N/N=C/c1ccc(S(=O)(=O)O)o1)c1ccc2c(c1)OCO2. The Labute approximate surface area is 130 Å². The molecule has 3 rings (SSSR count). The molecule has 0 saturated heterocycles. The van der Waals surface area contributed by atoms with Crippen molar-refractivity contribution < 1.29 is 31.7 Å². The first-order valence-electron chi connectivity index (χ1n) is 6.24. The first kappa shape index (κ1) is 15.1. The van der Waals surface area contributed by atoms with E-state index >= 15 is 0 Å². The van der Waals surface area contributed by atoms with Crippen molar-refractivity contribution in [3.8, 4) is 11.5 Å². The summed E-state index contributed by atoms with van der Waals surface area (Å²) in [6.07, 6.45) is 1.10. The normalized spacial score (nSPS) is 13.4. The zero-order chi connectivity index (χ0) is 16.4. The number of benzene rings is 1. The number of nitrogens with one attached hydrogen (secondary N) is 1. The third-order valence-corrected chi connectivity index (χ3v) is 3.58. The summed E-state index contributed by atoms with van der Waals surface area (Å²) < 4.78 is 45.6. The smallest absolute Gasteiger partial charge is 0.328 e. The molecule has 2 heterocycles. The van der Waals surface area contributed by atoms with Gasteiger partial charge < -0.3 is 13.9 Å². The first-order valence-corrected chi connectivity index (χ1v) is 7.68. The van der Waals surface area contributed by atoms with E-state index in [2.05, 4.69) is 10.5 Å². The Bertz CT molecular complexity index is 885. The van der Waals surface area contributed by atoms with Crippen LogP contribution in [0.1, 0.15) is 16.1 Å². The molecule has 0 saturated carbocycles. The fraction of sp³-hybridized carbons (Fsp3) is 0.0769. The Morgan fingerprint density at radius 3 is 2.74 bits per heavy atom. The number of hydrogen-bond acceptors (Lipinski definition) is 7. The van der Waals surface area contributed by atoms with Crippen molar-refractivity contribution in [2.24, 2.45) is 5.10 Å². The highest BCUT2D eigenvalue weighted by atomic mass is 32.2. The number of furan rings is 1. The monoisotopic (exact) mass is 338 g/mol. The largest absolute Gasteiger partial charge is 0.454 e. The highest BCUT2D eigenvalue weighted by Gasteiger charge is 2.16. The molecular weight excluding hydrogens is 328 g/mol. The highest BCUT2D eigenvalue weighted by Crippen LogP contribution is 2.32. The number of carbonyl (C=O) groups excluding carboxylic acids is 1. The zero-order valence-electron chi connectivity index (χ0n) is 11.4. The van der Waals surface area contributed by atoms with E-state index < -0.39 is 21.1 Å². The van der Waals surface area contributed by atoms with Crippen LogP contribution in [-0.2, 0) is 10.1 Å². The molecule has 1 amide bonds. The predicted molar refractivity (Wildman–Crippen MR) is 76.1 cm³/mol. The molecule has 0 spiro atoms. The topological polar surface area (TPSA) is 127 Å². The fourth-order valence-corrected chi connectivity index (χ4v) is 2.24. The fourth-order valence-electron chi connectivity index (χ4n) is 1.80. The molecule has 10 heteroatoms. The number of fused-ring (bicyclic) bond motifs is 1. The third-order valence-electron chi connectivity index (χ3n) is 2.85. The number of carbonyl (C=O) groups is 1. The maximum Gasteiger partial charge on any atom is 0.328 e. The summed E-state index contributed by atoms with van der Waals surface area (Å²) in [4.78, 5) is 11.9. The summed E-state index contributed by atoms with van der Waals surface area (Å²) in [6, 6.07) is 7.00. The van der Waals surface area contributed by atoms with E-state index in [0.717, 1.165) is 12.3 Å². The lowest BCUT2D eigenvalue weighted by atomic mass is 10.2. The van der Waals surface area contributed by atoms with E-state index in [4.69, 9.17) is 18.4 Å². The van der Waals surface area contributed by atoms with E-state index in [1.807, 2.05) is 0 Å². The van der Waals surface area contributed by atoms with Gasteiger partial charge in [-0.15, -0.1) is 0 Å². The van der Waals surface area contributed by atoms with Gasteiger partial charge in [0.25, 0.3) is 5.91 Å². The summed E-state index contributed by atoms with van der Waals surface area (Å²) in [5.74, 6) is 0.563. The first-order chi connectivity index (χ1) is 10.9. The molecule has 0 radical (unpaired) electrons. The van der Waals surface area contributed by atoms with Crippen LogP contribution >= 0.6 is 0 Å². The Kier molecular flexibility index (Phi) is 3.76. The van der Waals surface area contributed by atoms with Crippen LogP contribution in [0.15, 0.2) is 44.9 Å². The van der Waals surface area contributed by atoms with Crippen molar-refractivity contribution in [2.45, 2.75) is 5.09 Å². The van der Waals surface area contributed by atoms with Crippen LogP contribution < -0.4 is 14.9 Å². The molecule has 9 nitrogen and oxygen atoms in total. The molecule has 0 aliphatic carbocycles. The summed E-state index contributed by atoms with van der Waals surface area (Å²) in [6.45, 7) is 0.104. The Balaban J connectivity index is 1.66. The minimum atomic E-state index is -4.41. The van der Waals surface area contributed by atoms with Crippen LogP contribution in [0.25, 0.3) is 0 Å². The summed E-state index contributed by atoms with van der Waals surface area (Å²) in [5, 5.41) is 3.03. The standard InChI is InChI=1S/C13H10N2O7S/c16-13(8-1-3-10-11(5-8)21-7-20-10)15-14-6-9-2-4-12(22-9)23(17,18)19/h1-6H,7H2,(H,15,16)(H,17,18,19)/b14-6+. The van der Waals surface area contributed by atoms with Crippen LogP contribution in [0.2, 0.25) is 0 Å². The molecule has 0 unspecified atom stereocenters. The molecule has 23 heavy (non-hydrogen) atoms. The van der Waals surface area contributed by atoms with Gasteiger partial charge in [-0.25, -0.2) is 5.43 Å². The van der Waals surface area contributed by atoms with Crippen LogP contribution in [0.5, 0.6) is 11.5 Å². The molecule has 1 aromatic carbocycles. The summed E-state index contributed by atoms with van der Waals surface area (Å²) >= 11 is 0. The summed E-state index contributed by atoms with van der Waals surface area (Å²) in [7, 11) is -4.41. The lowest BCUT2D eigenvalue weighted by Crippen LogP contribution is -2.17. The van der Waals surface area contributed by atoms with Crippen LogP contribution in [0.4, 0.5) is 0 Å². The van der Waals surface area contributed by atoms with Gasteiger partial charge in [0.1, 0.15) is 5.76 Å². The van der Waals surface area contributed by atoms with E-state index in [9.17, 15) is 13.2 Å². The second kappa shape index (κ2) is 5.74. The Morgan fingerprint density at radius 1 is 1.22 bits per heavy atom. The molecule has 1 aliphatic rings. The second-order valence-electron chi connectivity index (χ2n) is 4.40. The predicted octanol–water partition coefficient (Wildman–Crippen LogP) is 1.02. The van der Waals surface area contributed by atoms with E-state index in [-0.39, 0.29) is 12.6 Å². The lowest BCUT2D eigenvalue weighted by Gasteiger charge is -2.01. The molecule has 0 atom stereocenters. The van der Waals surface area contributed by atoms with Gasteiger partial charge in [0.2, 0.25) is 11.9 Å². The zero-order valence-corrected chi connectivity index (χ0v) is 12.2. The Hall–Kier alpha value is -2.85. The number of ether oxygens (including phenoxy) is 2. The van der Waals surface area contributed by atoms with Gasteiger partial charge >= 0.3 is 10.1 Å². The molecule has 0 fully saturated rings. The second-order valence-corrected chi connectivity index (χ2v) is 5.75. The van der Waals surface area contributed by atoms with E-state index in [1.165, 1.54) is 12.1 Å². The molecule has 2 N–H and O–H groups in total. The highest BCUT2D eigenvalue weighted by molar-refractivity contribution is 7.85. The third kappa shape index (κ3) is 3.33. The summed E-state index contributed by atoms with van der Waals surface area (Å²) in [5.41, 5.74) is 2.56. The van der Waals surface area contributed by atoms with E-state index in [0.29, 0.717) is 17.1 Å². The van der Waals surface area contributed by atoms with Crippen LogP contribution in [-0.4, -0.2) is 31.9 Å². The van der Waals surface area contributed by atoms with Crippen LogP contribution in [0, 0.1) is 0 Å². The number of hydrazone groups is 1. The van der Waals surface area contributed by atoms with Crippen molar-refractivity contribution in [2.75, 3.05) is 6.79 Å². The quantitative estimate of drug-likeness (QED) is 0.484. The average molecular weight is 338 g/mol. The van der Waals surface area contributed by atoms with E-state index in [1.54, 1.807) is 12.1 Å². The molecule has 0 bridgehead atoms. The molecule has 1 aromatic heterocycles. The van der Waals surface area contributed by atoms with Crippen molar-refractivity contribution in [1.82, 2.24) is 5.43 Å². The van der Waals surface area contributed by atoms with Gasteiger partial charge in [0.05, 0.1) is 6.21 Å². The Morgan fingerprint density at radius 2 is 2.00 bits per heavy atom. The number of nitrogens with zero attached hydrogens (tertiary/aromatic N) is 1. The average Bonchev–Trinajstić information content (AvgIpc) is 3.14. The minimum absolute atomic E-state index is 0.0450. The van der Waals surface area contributed by atoms with Gasteiger partial charge in [-0.1, -0.05) is 0 Å². The maximum atomic E-state index is 11.9. The van der Waals surface area contributed by atoms with Crippen molar-refractivity contribution in [3.05, 3.63) is 41.7 Å². The molecule has 2 aromatic rings. The van der Waals surface area contributed by atoms with Gasteiger partial charge in [-0.2, -0.15) is 13.5 Å². The van der Waals surface area contributed by atoms with Gasteiger partial charge in [0.15, 0.2) is 11.5 Å². The molecule has 120 valence electrons. The molecular formula is C13H10N2O7S. The van der Waals surface area contributed by atoms with Crippen molar-refractivity contribution >= 4 is 22.2 Å². The number of rotatable bonds is 4. The van der Waals surface area contributed by atoms with Gasteiger partial charge in [-0.3, -0.25) is 9.35 Å². The maximum absolute atomic E-state index is 11.9. The van der Waals surface area contributed by atoms with Crippen molar-refractivity contribution in [1.29, 1.82) is 0 Å². The van der Waals surface area contributed by atoms with Crippen LogP contribution in [0.3, 0.4) is 0 Å².